The number of nitrogens with one attached hydrogen (secondary N) is 3. The summed E-state index contributed by atoms with van der Waals surface area (Å²) in [5, 5.41) is 18.1. The third kappa shape index (κ3) is 3.83. The normalized spacial score (nSPS) is 19.9. The zero-order valence-electron chi connectivity index (χ0n) is 13.2. The van der Waals surface area contributed by atoms with E-state index in [0.29, 0.717) is 12.2 Å². The van der Waals surface area contributed by atoms with Gasteiger partial charge < -0.3 is 20.4 Å². The van der Waals surface area contributed by atoms with Crippen molar-refractivity contribution >= 4 is 40.0 Å². The Kier molecular flexibility index (Phi) is 5.49. The Morgan fingerprint density at radius 3 is 3.13 bits per heavy atom. The SMILES string of the molecule is CN(CCI)CCNC1CNC(=O)c2cc3c(nn2)N1CCN3. The van der Waals surface area contributed by atoms with Gasteiger partial charge in [0.25, 0.3) is 5.91 Å². The smallest absolute Gasteiger partial charge is 0.272 e. The standard InChI is InChI=1S/C14H22IN7O/c1-21(5-2-15)6-3-17-12-9-18-14(23)11-8-10-13(20-19-11)22(12)7-4-16-10/h8,12,16-17H,2-7,9H2,1H3,(H,18,23). The zero-order chi connectivity index (χ0) is 16.2. The first-order valence-corrected chi connectivity index (χ1v) is 9.36. The van der Waals surface area contributed by atoms with Crippen molar-refractivity contribution in [3.8, 4) is 0 Å². The summed E-state index contributed by atoms with van der Waals surface area (Å²) >= 11 is 2.39. The largest absolute Gasteiger partial charge is 0.380 e. The Labute approximate surface area is 149 Å². The third-order valence-electron chi connectivity index (χ3n) is 4.12. The molecule has 1 aromatic rings. The molecule has 9 heteroatoms. The maximum atomic E-state index is 12.1. The molecule has 0 aromatic carbocycles. The van der Waals surface area contributed by atoms with Crippen molar-refractivity contribution in [2.24, 2.45) is 0 Å². The van der Waals surface area contributed by atoms with Gasteiger partial charge in [0.15, 0.2) is 11.5 Å². The van der Waals surface area contributed by atoms with Crippen molar-refractivity contribution in [3.05, 3.63) is 11.8 Å². The average molecular weight is 431 g/mol. The maximum absolute atomic E-state index is 12.1. The van der Waals surface area contributed by atoms with Gasteiger partial charge in [-0.05, 0) is 13.1 Å². The molecule has 0 spiro atoms. The summed E-state index contributed by atoms with van der Waals surface area (Å²) in [6.45, 7) is 5.10. The van der Waals surface area contributed by atoms with Crippen LogP contribution in [0.2, 0.25) is 0 Å². The molecule has 1 unspecified atom stereocenters. The van der Waals surface area contributed by atoms with Gasteiger partial charge in [-0.3, -0.25) is 10.1 Å². The van der Waals surface area contributed by atoms with Crippen LogP contribution in [0.25, 0.3) is 0 Å². The van der Waals surface area contributed by atoms with Gasteiger partial charge in [0.2, 0.25) is 0 Å². The molecule has 0 aliphatic carbocycles. The summed E-state index contributed by atoms with van der Waals surface area (Å²) in [6.07, 6.45) is 0.0175. The number of nitrogens with zero attached hydrogens (tertiary/aromatic N) is 4. The molecule has 4 heterocycles. The van der Waals surface area contributed by atoms with Crippen molar-refractivity contribution in [2.45, 2.75) is 6.17 Å². The van der Waals surface area contributed by atoms with Crippen LogP contribution in [0.4, 0.5) is 11.5 Å². The molecule has 1 amide bonds. The highest BCUT2D eigenvalue weighted by molar-refractivity contribution is 14.1. The molecular weight excluding hydrogens is 409 g/mol. The number of amides is 1. The Bertz CT molecular complexity index is 570. The van der Waals surface area contributed by atoms with Crippen molar-refractivity contribution in [1.29, 1.82) is 0 Å². The van der Waals surface area contributed by atoms with E-state index in [9.17, 15) is 4.79 Å². The van der Waals surface area contributed by atoms with Gasteiger partial charge in [-0.1, -0.05) is 22.6 Å². The first-order chi connectivity index (χ1) is 11.2. The minimum atomic E-state index is -0.176. The molecule has 0 saturated heterocycles. The number of rotatable bonds is 6. The second-order valence-corrected chi connectivity index (χ2v) is 6.84. The summed E-state index contributed by atoms with van der Waals surface area (Å²) in [5.41, 5.74) is 1.24. The van der Waals surface area contributed by atoms with Crippen LogP contribution in [0, 0.1) is 0 Å². The summed E-state index contributed by atoms with van der Waals surface area (Å²) in [4.78, 5) is 16.6. The quantitative estimate of drug-likeness (QED) is 0.423. The van der Waals surface area contributed by atoms with E-state index >= 15 is 0 Å². The van der Waals surface area contributed by atoms with Crippen LogP contribution < -0.4 is 20.9 Å². The fourth-order valence-corrected chi connectivity index (χ4v) is 3.63. The Morgan fingerprint density at radius 1 is 1.43 bits per heavy atom. The first kappa shape index (κ1) is 16.7. The average Bonchev–Trinajstić information content (AvgIpc) is 2.63. The molecule has 8 nitrogen and oxygen atoms in total. The molecule has 3 aliphatic rings. The minimum Gasteiger partial charge on any atom is -0.380 e. The van der Waals surface area contributed by atoms with Gasteiger partial charge >= 0.3 is 0 Å². The maximum Gasteiger partial charge on any atom is 0.272 e. The molecule has 126 valence electrons. The van der Waals surface area contributed by atoms with E-state index in [1.807, 2.05) is 0 Å². The molecule has 4 rings (SSSR count). The number of aromatic nitrogens is 2. The topological polar surface area (TPSA) is 85.4 Å². The summed E-state index contributed by atoms with van der Waals surface area (Å²) in [5.74, 6) is 0.638. The van der Waals surface area contributed by atoms with Crippen molar-refractivity contribution < 1.29 is 4.79 Å². The van der Waals surface area contributed by atoms with E-state index in [1.165, 1.54) is 0 Å². The molecule has 4 bridgehead atoms. The lowest BCUT2D eigenvalue weighted by Crippen LogP contribution is -2.55. The molecule has 0 saturated carbocycles. The second kappa shape index (κ2) is 7.58. The van der Waals surface area contributed by atoms with E-state index in [2.05, 4.69) is 65.6 Å². The van der Waals surface area contributed by atoms with Crippen molar-refractivity contribution in [2.75, 3.05) is 61.0 Å². The van der Waals surface area contributed by atoms with Gasteiger partial charge in [-0.15, -0.1) is 10.2 Å². The Balaban J connectivity index is 1.71. The molecule has 23 heavy (non-hydrogen) atoms. The van der Waals surface area contributed by atoms with Crippen molar-refractivity contribution in [1.82, 2.24) is 25.7 Å². The summed E-state index contributed by atoms with van der Waals surface area (Å²) in [7, 11) is 2.12. The monoisotopic (exact) mass is 431 g/mol. The number of carbonyl (C=O) groups is 1. The van der Waals surface area contributed by atoms with E-state index < -0.39 is 0 Å². The molecule has 0 radical (unpaired) electrons. The predicted molar refractivity (Wildman–Crippen MR) is 98.4 cm³/mol. The minimum absolute atomic E-state index is 0.0175. The van der Waals surface area contributed by atoms with E-state index in [1.54, 1.807) is 6.07 Å². The number of fused-ring (bicyclic) bond motifs is 4. The van der Waals surface area contributed by atoms with Crippen LogP contribution in [0.1, 0.15) is 10.5 Å². The fourth-order valence-electron chi connectivity index (χ4n) is 2.81. The van der Waals surface area contributed by atoms with Crippen LogP contribution in [0.3, 0.4) is 0 Å². The third-order valence-corrected chi connectivity index (χ3v) is 4.60. The molecule has 3 aliphatic heterocycles. The molecule has 1 aromatic heterocycles. The number of anilines is 2. The van der Waals surface area contributed by atoms with Crippen LogP contribution in [-0.4, -0.2) is 77.9 Å². The summed E-state index contributed by atoms with van der Waals surface area (Å²) < 4.78 is 1.12. The highest BCUT2D eigenvalue weighted by atomic mass is 127. The molecule has 0 fully saturated rings. The number of alkyl halides is 1. The van der Waals surface area contributed by atoms with Gasteiger partial charge in [0.05, 0.1) is 18.4 Å². The Hall–Kier alpha value is -1.20. The molecule has 1 atom stereocenters. The lowest BCUT2D eigenvalue weighted by atomic mass is 10.2. The van der Waals surface area contributed by atoms with Crippen LogP contribution in [0.5, 0.6) is 0 Å². The van der Waals surface area contributed by atoms with Crippen LogP contribution >= 0.6 is 22.6 Å². The predicted octanol–water partition coefficient (Wildman–Crippen LogP) is -0.266. The highest BCUT2D eigenvalue weighted by Gasteiger charge is 2.29. The lowest BCUT2D eigenvalue weighted by molar-refractivity contribution is 0.0944. The summed E-state index contributed by atoms with van der Waals surface area (Å²) in [6, 6.07) is 1.78. The fraction of sp³-hybridized carbons (Fsp3) is 0.643. The van der Waals surface area contributed by atoms with Crippen LogP contribution in [0.15, 0.2) is 6.07 Å². The number of hydrogen-bond acceptors (Lipinski definition) is 7. The first-order valence-electron chi connectivity index (χ1n) is 7.83. The number of hydrogen-bond donors (Lipinski definition) is 3. The van der Waals surface area contributed by atoms with Gasteiger partial charge in [-0.2, -0.15) is 0 Å². The number of halogens is 1. The van der Waals surface area contributed by atoms with E-state index in [0.717, 1.165) is 48.7 Å². The highest BCUT2D eigenvalue weighted by Crippen LogP contribution is 2.28. The van der Waals surface area contributed by atoms with Crippen molar-refractivity contribution in [3.63, 3.8) is 0 Å². The van der Waals surface area contributed by atoms with E-state index in [-0.39, 0.29) is 12.1 Å². The van der Waals surface area contributed by atoms with Crippen LogP contribution in [-0.2, 0) is 0 Å². The second-order valence-electron chi connectivity index (χ2n) is 5.76. The molecular formula is C14H22IN7O. The van der Waals surface area contributed by atoms with Gasteiger partial charge in [0, 0.05) is 37.2 Å². The lowest BCUT2D eigenvalue weighted by Gasteiger charge is -2.36. The number of likely N-dealkylation sites (N-methyl/N-ethyl adjacent to an activating group) is 1. The zero-order valence-corrected chi connectivity index (χ0v) is 15.3. The van der Waals surface area contributed by atoms with Gasteiger partial charge in [-0.25, -0.2) is 0 Å². The number of carbonyl (C=O) groups excluding carboxylic acids is 1. The van der Waals surface area contributed by atoms with Gasteiger partial charge in [0.1, 0.15) is 0 Å². The van der Waals surface area contributed by atoms with E-state index in [4.69, 9.17) is 0 Å². The molecule has 3 N–H and O–H groups in total. The Morgan fingerprint density at radius 2 is 2.30 bits per heavy atom.